The van der Waals surface area contributed by atoms with Gasteiger partial charge in [-0.25, -0.2) is 0 Å². The van der Waals surface area contributed by atoms with Crippen molar-refractivity contribution in [3.05, 3.63) is 29.8 Å². The summed E-state index contributed by atoms with van der Waals surface area (Å²) in [5.74, 6) is 1.17. The van der Waals surface area contributed by atoms with Gasteiger partial charge in [-0.05, 0) is 17.7 Å². The van der Waals surface area contributed by atoms with Crippen molar-refractivity contribution in [1.82, 2.24) is 10.2 Å². The van der Waals surface area contributed by atoms with Gasteiger partial charge in [-0.3, -0.25) is 9.59 Å². The molecule has 1 aromatic rings. The van der Waals surface area contributed by atoms with Gasteiger partial charge in [0, 0.05) is 18.8 Å². The number of thioether (sulfide) groups is 1. The maximum absolute atomic E-state index is 11.7. The second kappa shape index (κ2) is 7.33. The fourth-order valence-corrected chi connectivity index (χ4v) is 2.78. The second-order valence-corrected chi connectivity index (χ2v) is 5.68. The molecular formula is C14H18N2O4S. The molecule has 21 heavy (non-hydrogen) atoms. The van der Waals surface area contributed by atoms with Crippen molar-refractivity contribution in [3.63, 3.8) is 0 Å². The van der Waals surface area contributed by atoms with E-state index in [-0.39, 0.29) is 24.2 Å². The summed E-state index contributed by atoms with van der Waals surface area (Å²) in [5, 5.41) is 12.6. The van der Waals surface area contributed by atoms with Gasteiger partial charge < -0.3 is 20.1 Å². The molecule has 114 valence electrons. The summed E-state index contributed by atoms with van der Waals surface area (Å²) < 4.78 is 5.04. The van der Waals surface area contributed by atoms with Gasteiger partial charge in [0.15, 0.2) is 0 Å². The van der Waals surface area contributed by atoms with E-state index < -0.39 is 6.10 Å². The molecule has 2 amide bonds. The normalized spacial score (nSPS) is 15.9. The number of nitrogens with one attached hydrogen (secondary N) is 1. The zero-order valence-electron chi connectivity index (χ0n) is 11.7. The van der Waals surface area contributed by atoms with Crippen LogP contribution in [-0.4, -0.2) is 53.6 Å². The Labute approximate surface area is 127 Å². The molecule has 0 bridgehead atoms. The number of hydrogen-bond donors (Lipinski definition) is 2. The number of carbonyl (C=O) groups excluding carboxylic acids is 2. The average Bonchev–Trinajstić information content (AvgIpc) is 2.90. The van der Waals surface area contributed by atoms with Gasteiger partial charge in [0.05, 0.1) is 13.2 Å². The zero-order chi connectivity index (χ0) is 15.2. The molecule has 0 aliphatic carbocycles. The minimum atomic E-state index is -0.788. The van der Waals surface area contributed by atoms with E-state index in [0.717, 1.165) is 5.75 Å². The third kappa shape index (κ3) is 4.37. The number of nitrogens with zero attached hydrogens (tertiary/aromatic N) is 1. The lowest BCUT2D eigenvalue weighted by molar-refractivity contribution is -0.122. The highest BCUT2D eigenvalue weighted by Crippen LogP contribution is 2.18. The highest BCUT2D eigenvalue weighted by molar-refractivity contribution is 8.13. The van der Waals surface area contributed by atoms with Crippen molar-refractivity contribution in [2.24, 2.45) is 0 Å². The molecule has 0 saturated carbocycles. The van der Waals surface area contributed by atoms with E-state index in [2.05, 4.69) is 5.32 Å². The number of aliphatic hydroxyl groups is 1. The minimum Gasteiger partial charge on any atom is -0.497 e. The lowest BCUT2D eigenvalue weighted by Crippen LogP contribution is -2.38. The third-order valence-corrected chi connectivity index (χ3v) is 4.06. The van der Waals surface area contributed by atoms with Gasteiger partial charge in [-0.2, -0.15) is 0 Å². The van der Waals surface area contributed by atoms with Gasteiger partial charge in [0.25, 0.3) is 5.24 Å². The van der Waals surface area contributed by atoms with Crippen LogP contribution in [0.1, 0.15) is 11.7 Å². The fraction of sp³-hybridized carbons (Fsp3) is 0.429. The molecule has 1 heterocycles. The first-order valence-electron chi connectivity index (χ1n) is 6.60. The number of methoxy groups -OCH3 is 1. The number of ether oxygens (including phenoxy) is 1. The van der Waals surface area contributed by atoms with Crippen molar-refractivity contribution < 1.29 is 19.4 Å². The van der Waals surface area contributed by atoms with Gasteiger partial charge in [0.2, 0.25) is 5.91 Å². The lowest BCUT2D eigenvalue weighted by Gasteiger charge is -2.16. The van der Waals surface area contributed by atoms with Gasteiger partial charge in [-0.15, -0.1) is 0 Å². The maximum Gasteiger partial charge on any atom is 0.282 e. The molecule has 6 nitrogen and oxygen atoms in total. The fourth-order valence-electron chi connectivity index (χ4n) is 1.95. The Kier molecular flexibility index (Phi) is 5.46. The van der Waals surface area contributed by atoms with Crippen LogP contribution < -0.4 is 10.1 Å². The second-order valence-electron chi connectivity index (χ2n) is 4.63. The summed E-state index contributed by atoms with van der Waals surface area (Å²) in [6.07, 6.45) is -0.788. The smallest absolute Gasteiger partial charge is 0.282 e. The summed E-state index contributed by atoms with van der Waals surface area (Å²) >= 11 is 1.22. The van der Waals surface area contributed by atoms with Gasteiger partial charge >= 0.3 is 0 Å². The van der Waals surface area contributed by atoms with Crippen LogP contribution in [0.25, 0.3) is 0 Å². The summed E-state index contributed by atoms with van der Waals surface area (Å²) in [4.78, 5) is 24.6. The van der Waals surface area contributed by atoms with Crippen molar-refractivity contribution >= 4 is 22.9 Å². The Bertz CT molecular complexity index is 506. The molecule has 7 heteroatoms. The topological polar surface area (TPSA) is 78.9 Å². The van der Waals surface area contributed by atoms with E-state index in [9.17, 15) is 14.7 Å². The van der Waals surface area contributed by atoms with E-state index in [1.807, 2.05) is 0 Å². The van der Waals surface area contributed by atoms with E-state index in [1.165, 1.54) is 16.7 Å². The predicted molar refractivity (Wildman–Crippen MR) is 80.4 cm³/mol. The van der Waals surface area contributed by atoms with E-state index in [0.29, 0.717) is 17.9 Å². The largest absolute Gasteiger partial charge is 0.497 e. The minimum absolute atomic E-state index is 0.0428. The number of aliphatic hydroxyl groups excluding tert-OH is 1. The Morgan fingerprint density at radius 2 is 2.19 bits per heavy atom. The molecule has 0 aromatic heterocycles. The maximum atomic E-state index is 11.7. The van der Waals surface area contributed by atoms with Crippen LogP contribution in [-0.2, 0) is 4.79 Å². The summed E-state index contributed by atoms with van der Waals surface area (Å²) in [7, 11) is 1.57. The SMILES string of the molecule is COc1ccc([C@@H](O)CNC(=O)CN2CCSC2=O)cc1. The van der Waals surface area contributed by atoms with Crippen molar-refractivity contribution in [2.45, 2.75) is 6.10 Å². The molecule has 1 aliphatic heterocycles. The van der Waals surface area contributed by atoms with Crippen LogP contribution >= 0.6 is 11.8 Å². The van der Waals surface area contributed by atoms with Gasteiger partial charge in [-0.1, -0.05) is 23.9 Å². The van der Waals surface area contributed by atoms with Gasteiger partial charge in [0.1, 0.15) is 12.3 Å². The highest BCUT2D eigenvalue weighted by atomic mass is 32.2. The number of benzene rings is 1. The van der Waals surface area contributed by atoms with Crippen molar-refractivity contribution in [1.29, 1.82) is 0 Å². The summed E-state index contributed by atoms with van der Waals surface area (Å²) in [6.45, 7) is 0.749. The Hall–Kier alpha value is -1.73. The van der Waals surface area contributed by atoms with Crippen molar-refractivity contribution in [3.8, 4) is 5.75 Å². The first kappa shape index (κ1) is 15.7. The number of carbonyl (C=O) groups is 2. The molecular weight excluding hydrogens is 292 g/mol. The molecule has 1 aromatic carbocycles. The van der Waals surface area contributed by atoms with Crippen LogP contribution in [0.3, 0.4) is 0 Å². The van der Waals surface area contributed by atoms with E-state index in [1.54, 1.807) is 31.4 Å². The molecule has 1 saturated heterocycles. The van der Waals surface area contributed by atoms with Crippen LogP contribution in [0.4, 0.5) is 4.79 Å². The first-order chi connectivity index (χ1) is 10.1. The quantitative estimate of drug-likeness (QED) is 0.820. The highest BCUT2D eigenvalue weighted by Gasteiger charge is 2.23. The average molecular weight is 310 g/mol. The monoisotopic (exact) mass is 310 g/mol. The Balaban J connectivity index is 1.78. The molecule has 2 N–H and O–H groups in total. The predicted octanol–water partition coefficient (Wildman–Crippen LogP) is 1.01. The van der Waals surface area contributed by atoms with Crippen LogP contribution in [0, 0.1) is 0 Å². The van der Waals surface area contributed by atoms with Crippen LogP contribution in [0.15, 0.2) is 24.3 Å². The first-order valence-corrected chi connectivity index (χ1v) is 7.59. The Morgan fingerprint density at radius 3 is 2.76 bits per heavy atom. The molecule has 1 atom stereocenters. The van der Waals surface area contributed by atoms with E-state index >= 15 is 0 Å². The standard InChI is InChI=1S/C14H18N2O4S/c1-20-11-4-2-10(3-5-11)12(17)8-15-13(18)9-16-6-7-21-14(16)19/h2-5,12,17H,6-9H2,1H3,(H,15,18)/t12-/m0/s1. The summed E-state index contributed by atoms with van der Waals surface area (Å²) in [6, 6.07) is 6.99. The molecule has 2 rings (SSSR count). The number of hydrogen-bond acceptors (Lipinski definition) is 5. The van der Waals surface area contributed by atoms with Crippen LogP contribution in [0.5, 0.6) is 5.75 Å². The number of rotatable bonds is 6. The molecule has 1 aliphatic rings. The molecule has 1 fully saturated rings. The molecule has 0 radical (unpaired) electrons. The number of amides is 2. The third-order valence-electron chi connectivity index (χ3n) is 3.17. The molecule has 0 spiro atoms. The molecule has 0 unspecified atom stereocenters. The van der Waals surface area contributed by atoms with E-state index in [4.69, 9.17) is 4.74 Å². The van der Waals surface area contributed by atoms with Crippen molar-refractivity contribution in [2.75, 3.05) is 32.5 Å². The Morgan fingerprint density at radius 1 is 1.48 bits per heavy atom. The zero-order valence-corrected chi connectivity index (χ0v) is 12.6. The van der Waals surface area contributed by atoms with Crippen LogP contribution in [0.2, 0.25) is 0 Å². The lowest BCUT2D eigenvalue weighted by atomic mass is 10.1. The summed E-state index contributed by atoms with van der Waals surface area (Å²) in [5.41, 5.74) is 0.698.